The first-order chi connectivity index (χ1) is 9.78. The number of hydrogen-bond acceptors (Lipinski definition) is 1. The summed E-state index contributed by atoms with van der Waals surface area (Å²) in [6.45, 7) is 3.01. The van der Waals surface area contributed by atoms with Crippen molar-refractivity contribution in [1.29, 1.82) is 0 Å². The molecule has 0 saturated heterocycles. The lowest BCUT2D eigenvalue weighted by atomic mass is 10.1. The lowest BCUT2D eigenvalue weighted by Crippen LogP contribution is -2.51. The smallest absolute Gasteiger partial charge is 0.128 e. The van der Waals surface area contributed by atoms with E-state index in [9.17, 15) is 0 Å². The molecule has 0 aliphatic heterocycles. The van der Waals surface area contributed by atoms with Gasteiger partial charge in [0.25, 0.3) is 0 Å². The first-order valence-electron chi connectivity index (χ1n) is 6.91. The number of H-pyrrole nitrogens is 1. The molecule has 2 aromatic carbocycles. The van der Waals surface area contributed by atoms with E-state index in [1.54, 1.807) is 0 Å². The van der Waals surface area contributed by atoms with E-state index >= 15 is 0 Å². The summed E-state index contributed by atoms with van der Waals surface area (Å²) in [6.07, 6.45) is 0.987. The predicted molar refractivity (Wildman–Crippen MR) is 81.0 cm³/mol. The number of rotatable bonds is 4. The van der Waals surface area contributed by atoms with Gasteiger partial charge in [-0.3, -0.25) is 0 Å². The van der Waals surface area contributed by atoms with Crippen molar-refractivity contribution >= 4 is 10.9 Å². The van der Waals surface area contributed by atoms with Crippen molar-refractivity contribution in [3.63, 3.8) is 0 Å². The van der Waals surface area contributed by atoms with Crippen LogP contribution in [-0.4, -0.2) is 11.5 Å². The highest BCUT2D eigenvalue weighted by atomic mass is 16.5. The van der Waals surface area contributed by atoms with Crippen LogP contribution in [-0.2, 0) is 6.42 Å². The highest BCUT2D eigenvalue weighted by molar-refractivity contribution is 5.86. The number of nitrogens with one attached hydrogen (secondary N) is 1. The monoisotopic (exact) mass is 267 g/mol. The zero-order chi connectivity index (χ0) is 13.9. The van der Waals surface area contributed by atoms with Crippen LogP contribution in [0.25, 0.3) is 10.9 Å². The normalized spacial score (nSPS) is 10.9. The average molecular weight is 267 g/mol. The van der Waals surface area contributed by atoms with Gasteiger partial charge in [0, 0.05) is 23.0 Å². The van der Waals surface area contributed by atoms with Crippen LogP contribution in [0.1, 0.15) is 11.3 Å². The third-order valence-corrected chi connectivity index (χ3v) is 3.50. The minimum atomic E-state index is 0.859. The molecule has 3 heteroatoms. The summed E-state index contributed by atoms with van der Waals surface area (Å²) in [4.78, 5) is 3.42. The Morgan fingerprint density at radius 2 is 1.85 bits per heavy atom. The maximum Gasteiger partial charge on any atom is 0.128 e. The SMILES string of the molecule is Cc1[nH]c2ccc(Oc3ccccc3)cc2c1CC[NH3+]. The molecule has 0 spiro atoms. The number of hydrogen-bond donors (Lipinski definition) is 2. The number of aryl methyl sites for hydroxylation is 1. The molecule has 0 fully saturated rings. The van der Waals surface area contributed by atoms with Crippen molar-refractivity contribution in [3.8, 4) is 11.5 Å². The van der Waals surface area contributed by atoms with Gasteiger partial charge >= 0.3 is 0 Å². The second-order valence-corrected chi connectivity index (χ2v) is 4.95. The van der Waals surface area contributed by atoms with Crippen molar-refractivity contribution in [1.82, 2.24) is 4.98 Å². The van der Waals surface area contributed by atoms with E-state index < -0.39 is 0 Å². The van der Waals surface area contributed by atoms with Crippen LogP contribution in [0.4, 0.5) is 0 Å². The van der Waals surface area contributed by atoms with Gasteiger partial charge in [-0.25, -0.2) is 0 Å². The lowest BCUT2D eigenvalue weighted by Gasteiger charge is -2.06. The third-order valence-electron chi connectivity index (χ3n) is 3.50. The topological polar surface area (TPSA) is 52.7 Å². The maximum absolute atomic E-state index is 5.90. The van der Waals surface area contributed by atoms with Gasteiger partial charge in [-0.2, -0.15) is 0 Å². The third kappa shape index (κ3) is 2.40. The Balaban J connectivity index is 1.99. The Hall–Kier alpha value is -2.26. The fourth-order valence-corrected chi connectivity index (χ4v) is 2.55. The number of para-hydroxylation sites is 1. The second kappa shape index (κ2) is 5.39. The maximum atomic E-state index is 5.90. The van der Waals surface area contributed by atoms with Crippen LogP contribution in [0.3, 0.4) is 0 Å². The van der Waals surface area contributed by atoms with Crippen LogP contribution in [0.2, 0.25) is 0 Å². The van der Waals surface area contributed by atoms with Crippen molar-refractivity contribution in [2.24, 2.45) is 0 Å². The van der Waals surface area contributed by atoms with E-state index in [0.717, 1.165) is 30.0 Å². The van der Waals surface area contributed by atoms with Gasteiger partial charge in [0.1, 0.15) is 11.5 Å². The molecule has 20 heavy (non-hydrogen) atoms. The molecular formula is C17H19N2O+. The van der Waals surface area contributed by atoms with Gasteiger partial charge in [-0.15, -0.1) is 0 Å². The molecule has 0 aliphatic carbocycles. The van der Waals surface area contributed by atoms with E-state index in [1.165, 1.54) is 16.6 Å². The zero-order valence-corrected chi connectivity index (χ0v) is 11.6. The molecule has 3 aromatic rings. The van der Waals surface area contributed by atoms with E-state index in [-0.39, 0.29) is 0 Å². The fourth-order valence-electron chi connectivity index (χ4n) is 2.55. The highest BCUT2D eigenvalue weighted by Crippen LogP contribution is 2.29. The Labute approximate surface area is 118 Å². The van der Waals surface area contributed by atoms with Crippen LogP contribution < -0.4 is 10.5 Å². The molecular weight excluding hydrogens is 248 g/mol. The Morgan fingerprint density at radius 1 is 1.05 bits per heavy atom. The molecule has 3 rings (SSSR count). The van der Waals surface area contributed by atoms with Crippen molar-refractivity contribution in [2.45, 2.75) is 13.3 Å². The summed E-state index contributed by atoms with van der Waals surface area (Å²) in [5.74, 6) is 1.73. The van der Waals surface area contributed by atoms with Gasteiger partial charge in [0.15, 0.2) is 0 Å². The highest BCUT2D eigenvalue weighted by Gasteiger charge is 2.09. The van der Waals surface area contributed by atoms with Gasteiger partial charge in [0.05, 0.1) is 6.54 Å². The molecule has 0 aliphatic rings. The zero-order valence-electron chi connectivity index (χ0n) is 11.6. The molecule has 102 valence electrons. The molecule has 0 amide bonds. The molecule has 1 heterocycles. The van der Waals surface area contributed by atoms with Gasteiger partial charge in [-0.05, 0) is 42.8 Å². The molecule has 0 radical (unpaired) electrons. The van der Waals surface area contributed by atoms with E-state index in [0.29, 0.717) is 0 Å². The summed E-state index contributed by atoms with van der Waals surface area (Å²) in [7, 11) is 0. The summed E-state index contributed by atoms with van der Waals surface area (Å²) in [5.41, 5.74) is 7.68. The molecule has 1 aromatic heterocycles. The number of benzene rings is 2. The van der Waals surface area contributed by atoms with Gasteiger partial charge < -0.3 is 15.5 Å². The minimum absolute atomic E-state index is 0.859. The number of aromatic amines is 1. The standard InChI is InChI=1S/C17H18N2O/c1-12-15(9-10-18)16-11-14(7-8-17(16)19-12)20-13-5-3-2-4-6-13/h2-8,11,19H,9-10,18H2,1H3/p+1. The largest absolute Gasteiger partial charge is 0.457 e. The van der Waals surface area contributed by atoms with Crippen molar-refractivity contribution in [2.75, 3.05) is 6.54 Å². The number of ether oxygens (including phenoxy) is 1. The van der Waals surface area contributed by atoms with E-state index in [4.69, 9.17) is 4.74 Å². The van der Waals surface area contributed by atoms with Crippen LogP contribution in [0.5, 0.6) is 11.5 Å². The summed E-state index contributed by atoms with van der Waals surface area (Å²) in [5, 5.41) is 1.24. The number of aromatic nitrogens is 1. The first-order valence-corrected chi connectivity index (χ1v) is 6.91. The minimum Gasteiger partial charge on any atom is -0.457 e. The lowest BCUT2D eigenvalue weighted by molar-refractivity contribution is -0.366. The predicted octanol–water partition coefficient (Wildman–Crippen LogP) is 3.05. The molecule has 0 atom stereocenters. The molecule has 0 saturated carbocycles. The van der Waals surface area contributed by atoms with Crippen LogP contribution in [0.15, 0.2) is 48.5 Å². The molecule has 4 N–H and O–H groups in total. The number of fused-ring (bicyclic) bond motifs is 1. The Morgan fingerprint density at radius 3 is 2.60 bits per heavy atom. The quantitative estimate of drug-likeness (QED) is 0.750. The average Bonchev–Trinajstić information content (AvgIpc) is 2.77. The Kier molecular flexibility index (Phi) is 3.44. The van der Waals surface area contributed by atoms with E-state index in [2.05, 4.69) is 29.8 Å². The van der Waals surface area contributed by atoms with Gasteiger partial charge in [0.2, 0.25) is 0 Å². The second-order valence-electron chi connectivity index (χ2n) is 4.95. The van der Waals surface area contributed by atoms with E-state index in [1.807, 2.05) is 36.4 Å². The molecule has 3 nitrogen and oxygen atoms in total. The van der Waals surface area contributed by atoms with Crippen molar-refractivity contribution < 1.29 is 10.5 Å². The molecule has 0 bridgehead atoms. The number of quaternary nitrogens is 1. The summed E-state index contributed by atoms with van der Waals surface area (Å²) >= 11 is 0. The summed E-state index contributed by atoms with van der Waals surface area (Å²) < 4.78 is 5.90. The van der Waals surface area contributed by atoms with Crippen LogP contribution in [0, 0.1) is 6.92 Å². The summed E-state index contributed by atoms with van der Waals surface area (Å²) in [6, 6.07) is 16.0. The van der Waals surface area contributed by atoms with Gasteiger partial charge in [-0.1, -0.05) is 18.2 Å². The van der Waals surface area contributed by atoms with Crippen LogP contribution >= 0.6 is 0 Å². The first kappa shape index (κ1) is 12.8. The fraction of sp³-hybridized carbons (Fsp3) is 0.176. The van der Waals surface area contributed by atoms with Crippen molar-refractivity contribution in [3.05, 3.63) is 59.8 Å². The Bertz CT molecular complexity index is 716. The molecule has 0 unspecified atom stereocenters.